The molecular formula is C24H33N2O15-. The van der Waals surface area contributed by atoms with Crippen molar-refractivity contribution in [3.63, 3.8) is 0 Å². The first-order valence-electron chi connectivity index (χ1n) is 12.7. The zero-order valence-corrected chi connectivity index (χ0v) is 22.0. The molecule has 0 saturated carbocycles. The average molecular weight is 590 g/mol. The summed E-state index contributed by atoms with van der Waals surface area (Å²) in [7, 11) is 0. The molecule has 2 fully saturated rings. The molecule has 0 aliphatic carbocycles. The molecule has 2 aliphatic rings. The van der Waals surface area contributed by atoms with Crippen LogP contribution in [0, 0.1) is 10.1 Å². The van der Waals surface area contributed by atoms with Crippen molar-refractivity contribution in [1.29, 1.82) is 0 Å². The molecule has 0 spiro atoms. The number of carbonyl (C=O) groups excluding carboxylic acids is 2. The van der Waals surface area contributed by atoms with E-state index in [-0.39, 0.29) is 17.9 Å². The number of nitrogens with one attached hydrogen (secondary N) is 1. The van der Waals surface area contributed by atoms with Gasteiger partial charge in [-0.3, -0.25) is 14.9 Å². The minimum Gasteiger partial charge on any atom is -0.544 e. The minimum absolute atomic E-state index is 0.00155. The second-order valence-electron chi connectivity index (χ2n) is 9.78. The van der Waals surface area contributed by atoms with Crippen molar-refractivity contribution in [2.75, 3.05) is 6.61 Å². The smallest absolute Gasteiger partial charge is 0.269 e. The van der Waals surface area contributed by atoms with E-state index >= 15 is 0 Å². The van der Waals surface area contributed by atoms with Crippen LogP contribution in [0.15, 0.2) is 24.3 Å². The Bertz CT molecular complexity index is 1070. The number of ether oxygens (including phenoxy) is 4. The van der Waals surface area contributed by atoms with Crippen LogP contribution in [-0.4, -0.2) is 121 Å². The predicted octanol–water partition coefficient (Wildman–Crippen LogP) is -3.97. The lowest BCUT2D eigenvalue weighted by Gasteiger charge is -2.49. The SMILES string of the molecule is CC[C@@H](O)[C@@H](O)C1O[C@@](OCC2O[C@@H](Oc3ccc([N+](=O)[O-])cc3)C(O)[C@@H](O)[C@H]2O)(C(=O)[O-])C[C@@H](O)[C@H]1NC(C)=O. The molecule has 3 unspecified atom stereocenters. The van der Waals surface area contributed by atoms with Gasteiger partial charge < -0.3 is 64.8 Å². The van der Waals surface area contributed by atoms with Gasteiger partial charge in [-0.25, -0.2) is 0 Å². The molecule has 2 saturated heterocycles. The van der Waals surface area contributed by atoms with Crippen LogP contribution in [0.1, 0.15) is 26.7 Å². The van der Waals surface area contributed by atoms with Crippen LogP contribution >= 0.6 is 0 Å². The Kier molecular flexibility index (Phi) is 10.6. The number of carboxylic acid groups (broad SMARTS) is 1. The Morgan fingerprint density at radius 2 is 1.78 bits per heavy atom. The van der Waals surface area contributed by atoms with E-state index < -0.39 is 96.8 Å². The fourth-order valence-corrected chi connectivity index (χ4v) is 4.55. The van der Waals surface area contributed by atoms with Gasteiger partial charge in [-0.05, 0) is 18.6 Å². The summed E-state index contributed by atoms with van der Waals surface area (Å²) < 4.78 is 21.9. The number of aliphatic hydroxyl groups is 6. The van der Waals surface area contributed by atoms with Crippen LogP contribution in [0.3, 0.4) is 0 Å². The van der Waals surface area contributed by atoms with Crippen molar-refractivity contribution in [3.05, 3.63) is 34.4 Å². The zero-order chi connectivity index (χ0) is 30.6. The standard InChI is InChI=1S/C24H34N2O15/c1-3-13(28)17(30)21-16(25-10(2)27)14(29)8-24(41-21,23(34)35)38-9-15-18(31)19(32)20(33)22(40-15)39-12-6-4-11(5-7-12)26(36)37/h4-7,13-22,28-33H,3,8-9H2,1-2H3,(H,25,27)(H,34,35)/p-1/t13-,14-,15?,16-,17-,18+,19+,20?,21?,22-,24-/m1/s1. The topological polar surface area (TPSA) is 271 Å². The lowest BCUT2D eigenvalue weighted by Crippen LogP contribution is -2.70. The van der Waals surface area contributed by atoms with Gasteiger partial charge in [0, 0.05) is 25.5 Å². The lowest BCUT2D eigenvalue weighted by atomic mass is 9.88. The van der Waals surface area contributed by atoms with Crippen molar-refractivity contribution in [2.45, 2.75) is 93.6 Å². The molecule has 1 aromatic carbocycles. The monoisotopic (exact) mass is 589 g/mol. The van der Waals surface area contributed by atoms with Gasteiger partial charge in [-0.15, -0.1) is 0 Å². The Labute approximate surface area is 233 Å². The number of rotatable bonds is 11. The zero-order valence-electron chi connectivity index (χ0n) is 22.0. The van der Waals surface area contributed by atoms with Crippen molar-refractivity contribution >= 4 is 17.6 Å². The Hall–Kier alpha value is -3.00. The molecule has 17 heteroatoms. The quantitative estimate of drug-likeness (QED) is 0.0958. The summed E-state index contributed by atoms with van der Waals surface area (Å²) in [5.41, 5.74) is -0.248. The molecule has 2 aliphatic heterocycles. The highest BCUT2D eigenvalue weighted by molar-refractivity contribution is 5.75. The molecule has 11 atom stereocenters. The summed E-state index contributed by atoms with van der Waals surface area (Å²) in [5, 5.41) is 88.1. The molecule has 7 N–H and O–H groups in total. The number of nitro groups is 1. The number of benzene rings is 1. The van der Waals surface area contributed by atoms with E-state index in [1.807, 2.05) is 0 Å². The number of carboxylic acids is 1. The number of aliphatic carboxylic acids is 1. The summed E-state index contributed by atoms with van der Waals surface area (Å²) in [4.78, 5) is 34.1. The highest BCUT2D eigenvalue weighted by Gasteiger charge is 2.53. The molecule has 230 valence electrons. The normalized spacial score (nSPS) is 35.2. The van der Waals surface area contributed by atoms with Gasteiger partial charge in [0.05, 0.1) is 29.8 Å². The van der Waals surface area contributed by atoms with Crippen molar-refractivity contribution in [3.8, 4) is 5.75 Å². The summed E-state index contributed by atoms with van der Waals surface area (Å²) in [6.07, 6.45) is -16.2. The first-order valence-corrected chi connectivity index (χ1v) is 12.7. The molecule has 0 bridgehead atoms. The van der Waals surface area contributed by atoms with Crippen LogP contribution in [0.25, 0.3) is 0 Å². The van der Waals surface area contributed by atoms with E-state index in [9.17, 15) is 55.4 Å². The second-order valence-corrected chi connectivity index (χ2v) is 9.78. The number of nitrogens with zero attached hydrogens (tertiary/aromatic N) is 1. The van der Waals surface area contributed by atoms with Crippen LogP contribution in [-0.2, 0) is 23.8 Å². The fourth-order valence-electron chi connectivity index (χ4n) is 4.55. The van der Waals surface area contributed by atoms with Gasteiger partial charge >= 0.3 is 0 Å². The Balaban J connectivity index is 1.80. The first-order chi connectivity index (χ1) is 19.2. The molecule has 1 amide bonds. The number of nitro benzene ring substituents is 1. The number of hydrogen-bond acceptors (Lipinski definition) is 15. The second kappa shape index (κ2) is 13.3. The van der Waals surface area contributed by atoms with Gasteiger partial charge in [0.2, 0.25) is 18.0 Å². The molecule has 3 rings (SSSR count). The van der Waals surface area contributed by atoms with Crippen molar-refractivity contribution in [2.24, 2.45) is 0 Å². The summed E-state index contributed by atoms with van der Waals surface area (Å²) in [6, 6.07) is 3.26. The van der Waals surface area contributed by atoms with Gasteiger partial charge in [0.25, 0.3) is 5.69 Å². The van der Waals surface area contributed by atoms with Gasteiger partial charge in [-0.1, -0.05) is 6.92 Å². The maximum atomic E-state index is 12.2. The average Bonchev–Trinajstić information content (AvgIpc) is 2.93. The number of carbonyl (C=O) groups is 2. The molecule has 41 heavy (non-hydrogen) atoms. The number of hydrogen-bond donors (Lipinski definition) is 7. The van der Waals surface area contributed by atoms with Crippen LogP contribution in [0.2, 0.25) is 0 Å². The molecule has 0 aromatic heterocycles. The van der Waals surface area contributed by atoms with E-state index in [1.165, 1.54) is 19.1 Å². The maximum absolute atomic E-state index is 12.2. The lowest BCUT2D eigenvalue weighted by molar-refractivity contribution is -0.387. The molecule has 17 nitrogen and oxygen atoms in total. The third-order valence-electron chi connectivity index (χ3n) is 6.85. The highest BCUT2D eigenvalue weighted by atomic mass is 16.7. The Morgan fingerprint density at radius 3 is 2.32 bits per heavy atom. The number of non-ortho nitro benzene ring substituents is 1. The van der Waals surface area contributed by atoms with Gasteiger partial charge in [0.15, 0.2) is 0 Å². The first kappa shape index (κ1) is 32.5. The Morgan fingerprint density at radius 1 is 1.15 bits per heavy atom. The minimum atomic E-state index is -2.79. The summed E-state index contributed by atoms with van der Waals surface area (Å²) in [6.45, 7) is 1.77. The van der Waals surface area contributed by atoms with E-state index in [1.54, 1.807) is 0 Å². The van der Waals surface area contributed by atoms with Crippen molar-refractivity contribution in [1.82, 2.24) is 5.32 Å². The summed E-state index contributed by atoms with van der Waals surface area (Å²) in [5.74, 6) is -5.45. The van der Waals surface area contributed by atoms with E-state index in [0.717, 1.165) is 19.1 Å². The van der Waals surface area contributed by atoms with E-state index in [4.69, 9.17) is 18.9 Å². The van der Waals surface area contributed by atoms with Gasteiger partial charge in [-0.2, -0.15) is 0 Å². The third kappa shape index (κ3) is 7.26. The molecule has 0 radical (unpaired) electrons. The van der Waals surface area contributed by atoms with Crippen molar-refractivity contribution < 1.29 is 69.2 Å². The molecule has 1 aromatic rings. The molecular weight excluding hydrogens is 556 g/mol. The van der Waals surface area contributed by atoms with E-state index in [2.05, 4.69) is 5.32 Å². The highest BCUT2D eigenvalue weighted by Crippen LogP contribution is 2.34. The largest absolute Gasteiger partial charge is 0.544 e. The number of amides is 1. The van der Waals surface area contributed by atoms with Gasteiger partial charge in [0.1, 0.15) is 48.3 Å². The molecule has 2 heterocycles. The van der Waals surface area contributed by atoms with Crippen LogP contribution in [0.5, 0.6) is 5.75 Å². The fraction of sp³-hybridized carbons (Fsp3) is 0.667. The predicted molar refractivity (Wildman–Crippen MR) is 130 cm³/mol. The maximum Gasteiger partial charge on any atom is 0.269 e. The third-order valence-corrected chi connectivity index (χ3v) is 6.85. The summed E-state index contributed by atoms with van der Waals surface area (Å²) >= 11 is 0. The van der Waals surface area contributed by atoms with E-state index in [0.29, 0.717) is 0 Å². The van der Waals surface area contributed by atoms with Crippen LogP contribution in [0.4, 0.5) is 5.69 Å². The van der Waals surface area contributed by atoms with Crippen LogP contribution < -0.4 is 15.2 Å². The number of aliphatic hydroxyl groups excluding tert-OH is 6.